The van der Waals surface area contributed by atoms with Gasteiger partial charge in [-0.2, -0.15) is 0 Å². The van der Waals surface area contributed by atoms with Crippen molar-refractivity contribution in [3.63, 3.8) is 0 Å². The second-order valence-corrected chi connectivity index (χ2v) is 3.94. The maximum Gasteiger partial charge on any atom is 0.505 e. The van der Waals surface area contributed by atoms with Crippen LogP contribution in [0.4, 0.5) is 0 Å². The van der Waals surface area contributed by atoms with Gasteiger partial charge in [0.25, 0.3) is 0 Å². The molecule has 0 fully saturated rings. The quantitative estimate of drug-likeness (QED) is 0.643. The molecule has 0 heterocycles. The predicted molar refractivity (Wildman–Crippen MR) is 41.8 cm³/mol. The van der Waals surface area contributed by atoms with Gasteiger partial charge in [0, 0.05) is 18.6 Å². The van der Waals surface area contributed by atoms with E-state index in [1.807, 2.05) is 6.07 Å². The van der Waals surface area contributed by atoms with Gasteiger partial charge in [0.05, 0.1) is 0 Å². The molecular weight excluding hydrogens is 195 g/mol. The SMILES string of the molecule is [Cl][Mg][CH2]c1ccccc1.[V]. The smallest absolute Gasteiger partial charge is 0.345 e. The molecule has 0 N–H and O–H groups in total. The van der Waals surface area contributed by atoms with Crippen molar-refractivity contribution in [2.45, 2.75) is 4.55 Å². The molecule has 3 heteroatoms. The third kappa shape index (κ3) is 3.89. The van der Waals surface area contributed by atoms with E-state index in [1.54, 1.807) is 0 Å². The maximum atomic E-state index is 5.67. The van der Waals surface area contributed by atoms with Gasteiger partial charge in [-0.15, -0.1) is 0 Å². The van der Waals surface area contributed by atoms with Crippen LogP contribution in [0.2, 0.25) is 0 Å². The molecule has 0 atom stereocenters. The molecule has 0 unspecified atom stereocenters. The molecule has 1 rings (SSSR count). The van der Waals surface area contributed by atoms with Crippen LogP contribution >= 0.6 is 9.07 Å². The topological polar surface area (TPSA) is 0 Å². The Morgan fingerprint density at radius 2 is 1.80 bits per heavy atom. The summed E-state index contributed by atoms with van der Waals surface area (Å²) in [6.07, 6.45) is 0. The average Bonchev–Trinajstić information content (AvgIpc) is 1.91. The molecule has 0 amide bonds. The zero-order valence-corrected chi connectivity index (χ0v) is 9.19. The van der Waals surface area contributed by atoms with Gasteiger partial charge in [-0.25, -0.2) is 0 Å². The summed E-state index contributed by atoms with van der Waals surface area (Å²) in [7, 11) is 5.67. The van der Waals surface area contributed by atoms with E-state index in [9.17, 15) is 0 Å². The van der Waals surface area contributed by atoms with Gasteiger partial charge in [-0.1, -0.05) is 40.4 Å². The maximum absolute atomic E-state index is 5.67. The molecule has 1 aromatic carbocycles. The molecule has 49 valence electrons. The molecule has 1 radical (unpaired) electrons. The number of hydrogen-bond acceptors (Lipinski definition) is 0. The summed E-state index contributed by atoms with van der Waals surface area (Å²) >= 11 is -0.312. The first kappa shape index (κ1) is 10.9. The van der Waals surface area contributed by atoms with Gasteiger partial charge in [0.15, 0.2) is 0 Å². The number of benzene rings is 1. The minimum Gasteiger partial charge on any atom is -0.345 e. The van der Waals surface area contributed by atoms with Gasteiger partial charge in [-0.3, -0.25) is 0 Å². The van der Waals surface area contributed by atoms with E-state index in [0.29, 0.717) is 0 Å². The van der Waals surface area contributed by atoms with E-state index in [-0.39, 0.29) is 37.8 Å². The Balaban J connectivity index is 0.000000810. The van der Waals surface area contributed by atoms with Crippen molar-refractivity contribution in [1.29, 1.82) is 0 Å². The summed E-state index contributed by atoms with van der Waals surface area (Å²) < 4.78 is 1.11. The zero-order chi connectivity index (χ0) is 6.53. The standard InChI is InChI=1S/C7H7.ClH.Mg.V/c1-7-5-3-2-4-6-7;;;/h2-6H,1H2;1H;;/q;;+1;/p-1. The van der Waals surface area contributed by atoms with Crippen molar-refractivity contribution in [2.24, 2.45) is 0 Å². The summed E-state index contributed by atoms with van der Waals surface area (Å²) in [5.74, 6) is 0. The molecule has 0 saturated carbocycles. The first-order valence-corrected chi connectivity index (χ1v) is 6.17. The van der Waals surface area contributed by atoms with Crippen molar-refractivity contribution < 1.29 is 18.6 Å². The summed E-state index contributed by atoms with van der Waals surface area (Å²) in [5, 5.41) is 0. The monoisotopic (exact) mass is 201 g/mol. The number of halogens is 1. The number of hydrogen-bond donors (Lipinski definition) is 0. The van der Waals surface area contributed by atoms with Gasteiger partial charge in [0.2, 0.25) is 0 Å². The van der Waals surface area contributed by atoms with E-state index in [2.05, 4.69) is 24.3 Å². The molecule has 0 aliphatic carbocycles. The summed E-state index contributed by atoms with van der Waals surface area (Å²) in [5.41, 5.74) is 1.37. The zero-order valence-electron chi connectivity index (χ0n) is 5.63. The Bertz CT molecular complexity index is 167. The van der Waals surface area contributed by atoms with E-state index in [0.717, 1.165) is 4.55 Å². The normalized spacial score (nSPS) is 7.70. The fourth-order valence-corrected chi connectivity index (χ4v) is 1.96. The van der Waals surface area contributed by atoms with E-state index in [4.69, 9.17) is 9.07 Å². The van der Waals surface area contributed by atoms with Gasteiger partial charge in [0.1, 0.15) is 0 Å². The Kier molecular flexibility index (Phi) is 7.13. The predicted octanol–water partition coefficient (Wildman–Crippen LogP) is 2.04. The van der Waals surface area contributed by atoms with Crippen LogP contribution < -0.4 is 0 Å². The van der Waals surface area contributed by atoms with Crippen molar-refractivity contribution in [2.75, 3.05) is 0 Å². The molecule has 0 bridgehead atoms. The van der Waals surface area contributed by atoms with Crippen molar-refractivity contribution in [3.05, 3.63) is 35.9 Å². The molecule has 10 heavy (non-hydrogen) atoms. The summed E-state index contributed by atoms with van der Waals surface area (Å²) in [6.45, 7) is 0. The van der Waals surface area contributed by atoms with Crippen LogP contribution in [0.1, 0.15) is 5.56 Å². The van der Waals surface area contributed by atoms with Gasteiger partial charge >= 0.3 is 19.3 Å². The molecule has 0 spiro atoms. The molecular formula is C7H7ClMgV. The summed E-state index contributed by atoms with van der Waals surface area (Å²) in [4.78, 5) is 0. The summed E-state index contributed by atoms with van der Waals surface area (Å²) in [6, 6.07) is 10.4. The third-order valence-corrected chi connectivity index (χ3v) is 2.56. The van der Waals surface area contributed by atoms with Gasteiger partial charge in [-0.05, 0) is 0 Å². The van der Waals surface area contributed by atoms with Crippen molar-refractivity contribution in [3.8, 4) is 0 Å². The molecule has 1 aromatic rings. The first-order chi connectivity index (χ1) is 4.43. The van der Waals surface area contributed by atoms with Crippen LogP contribution in [0.25, 0.3) is 0 Å². The minimum absolute atomic E-state index is 0. The van der Waals surface area contributed by atoms with Crippen LogP contribution in [0, 0.1) is 0 Å². The van der Waals surface area contributed by atoms with Crippen molar-refractivity contribution >= 4 is 28.3 Å². The van der Waals surface area contributed by atoms with Gasteiger partial charge < -0.3 is 9.07 Å². The third-order valence-electron chi connectivity index (χ3n) is 1.23. The molecule has 0 nitrogen and oxygen atoms in total. The second kappa shape index (κ2) is 6.56. The first-order valence-electron chi connectivity index (χ1n) is 3.03. The van der Waals surface area contributed by atoms with E-state index in [1.165, 1.54) is 5.56 Å². The van der Waals surface area contributed by atoms with Crippen LogP contribution in [0.15, 0.2) is 30.3 Å². The Hall–Kier alpha value is 0.861. The fraction of sp³-hybridized carbons (Fsp3) is 0.143. The molecule has 0 aromatic heterocycles. The Labute approximate surface area is 86.7 Å². The second-order valence-electron chi connectivity index (χ2n) is 1.92. The van der Waals surface area contributed by atoms with Crippen LogP contribution in [-0.2, 0) is 23.1 Å². The molecule has 0 aliphatic heterocycles. The molecule has 0 saturated heterocycles. The number of rotatable bonds is 2. The van der Waals surface area contributed by atoms with Crippen LogP contribution in [0.5, 0.6) is 0 Å². The largest absolute Gasteiger partial charge is 0.505 e. The minimum atomic E-state index is -0.312. The van der Waals surface area contributed by atoms with E-state index >= 15 is 0 Å². The van der Waals surface area contributed by atoms with Crippen LogP contribution in [-0.4, -0.2) is 19.3 Å². The fourth-order valence-electron chi connectivity index (χ4n) is 0.754. The molecule has 0 aliphatic rings. The van der Waals surface area contributed by atoms with E-state index < -0.39 is 0 Å². The Morgan fingerprint density at radius 1 is 1.20 bits per heavy atom. The Morgan fingerprint density at radius 3 is 2.30 bits per heavy atom. The van der Waals surface area contributed by atoms with Crippen molar-refractivity contribution in [1.82, 2.24) is 0 Å². The average molecular weight is 202 g/mol. The van der Waals surface area contributed by atoms with Crippen LogP contribution in [0.3, 0.4) is 0 Å².